The van der Waals surface area contributed by atoms with E-state index in [1.807, 2.05) is 31.2 Å². The van der Waals surface area contributed by atoms with Crippen LogP contribution in [0.1, 0.15) is 21.6 Å². The highest BCUT2D eigenvalue weighted by Gasteiger charge is 2.08. The number of nitrogens with one attached hydrogen (secondary N) is 2. The molecule has 1 heterocycles. The van der Waals surface area contributed by atoms with Crippen LogP contribution in [0, 0.1) is 12.7 Å². The highest BCUT2D eigenvalue weighted by molar-refractivity contribution is 6.03. The summed E-state index contributed by atoms with van der Waals surface area (Å²) in [5, 5.41) is 6.04. The number of carbonyl (C=O) groups is 1. The molecular formula is C20H18FN3O. The monoisotopic (exact) mass is 335 g/mol. The number of benzene rings is 2. The fourth-order valence-electron chi connectivity index (χ4n) is 2.39. The SMILES string of the molecule is Cc1cccc(NC(=O)c2cc(NCc3ccc(F)cc3)ccn2)c1. The number of rotatable bonds is 5. The molecule has 0 bridgehead atoms. The standard InChI is InChI=1S/C20H18FN3O/c1-14-3-2-4-18(11-14)24-20(25)19-12-17(9-10-22-19)23-13-15-5-7-16(21)8-6-15/h2-12H,13H2,1H3,(H,22,23)(H,24,25). The lowest BCUT2D eigenvalue weighted by Crippen LogP contribution is -2.14. The van der Waals surface area contributed by atoms with E-state index in [0.29, 0.717) is 12.2 Å². The lowest BCUT2D eigenvalue weighted by atomic mass is 10.2. The molecule has 3 rings (SSSR count). The van der Waals surface area contributed by atoms with E-state index < -0.39 is 0 Å². The number of halogens is 1. The number of anilines is 2. The molecule has 1 amide bonds. The molecule has 2 aromatic carbocycles. The molecule has 0 unspecified atom stereocenters. The van der Waals surface area contributed by atoms with Crippen LogP contribution >= 0.6 is 0 Å². The summed E-state index contributed by atoms with van der Waals surface area (Å²) in [4.78, 5) is 16.5. The van der Waals surface area contributed by atoms with Crippen LogP contribution in [0.2, 0.25) is 0 Å². The Balaban J connectivity index is 1.66. The van der Waals surface area contributed by atoms with Gasteiger partial charge in [0.2, 0.25) is 0 Å². The van der Waals surface area contributed by atoms with Gasteiger partial charge in [-0.05, 0) is 54.4 Å². The molecule has 2 N–H and O–H groups in total. The van der Waals surface area contributed by atoms with Gasteiger partial charge in [0, 0.05) is 24.1 Å². The van der Waals surface area contributed by atoms with Crippen molar-refractivity contribution in [2.45, 2.75) is 13.5 Å². The second-order valence-corrected chi connectivity index (χ2v) is 5.73. The van der Waals surface area contributed by atoms with Gasteiger partial charge in [0.05, 0.1) is 0 Å². The molecule has 3 aromatic rings. The average molecular weight is 335 g/mol. The van der Waals surface area contributed by atoms with Gasteiger partial charge in [-0.15, -0.1) is 0 Å². The first kappa shape index (κ1) is 16.6. The number of aromatic nitrogens is 1. The van der Waals surface area contributed by atoms with Crippen LogP contribution in [-0.4, -0.2) is 10.9 Å². The first-order valence-electron chi connectivity index (χ1n) is 7.92. The van der Waals surface area contributed by atoms with Crippen LogP contribution in [0.5, 0.6) is 0 Å². The predicted molar refractivity (Wildman–Crippen MR) is 97.1 cm³/mol. The fourth-order valence-corrected chi connectivity index (χ4v) is 2.39. The van der Waals surface area contributed by atoms with Gasteiger partial charge in [0.25, 0.3) is 5.91 Å². The quantitative estimate of drug-likeness (QED) is 0.727. The van der Waals surface area contributed by atoms with E-state index in [9.17, 15) is 9.18 Å². The van der Waals surface area contributed by atoms with E-state index in [1.54, 1.807) is 30.5 Å². The molecule has 0 spiro atoms. The van der Waals surface area contributed by atoms with Crippen LogP contribution in [-0.2, 0) is 6.54 Å². The molecule has 0 saturated carbocycles. The van der Waals surface area contributed by atoms with Crippen molar-refractivity contribution >= 4 is 17.3 Å². The number of nitrogens with zero attached hydrogens (tertiary/aromatic N) is 1. The minimum atomic E-state index is -0.268. The maximum Gasteiger partial charge on any atom is 0.274 e. The Labute approximate surface area is 145 Å². The number of pyridine rings is 1. The van der Waals surface area contributed by atoms with E-state index >= 15 is 0 Å². The van der Waals surface area contributed by atoms with Gasteiger partial charge in [-0.2, -0.15) is 0 Å². The summed E-state index contributed by atoms with van der Waals surface area (Å²) in [5.74, 6) is -0.529. The van der Waals surface area contributed by atoms with Crippen molar-refractivity contribution < 1.29 is 9.18 Å². The van der Waals surface area contributed by atoms with E-state index in [-0.39, 0.29) is 11.7 Å². The number of aryl methyl sites for hydroxylation is 1. The molecule has 0 aliphatic heterocycles. The van der Waals surface area contributed by atoms with Crippen molar-refractivity contribution in [3.8, 4) is 0 Å². The van der Waals surface area contributed by atoms with E-state index in [4.69, 9.17) is 0 Å². The van der Waals surface area contributed by atoms with Crippen molar-refractivity contribution in [2.75, 3.05) is 10.6 Å². The van der Waals surface area contributed by atoms with Gasteiger partial charge >= 0.3 is 0 Å². The number of carbonyl (C=O) groups excluding carboxylic acids is 1. The van der Waals surface area contributed by atoms with Gasteiger partial charge in [-0.25, -0.2) is 4.39 Å². The van der Waals surface area contributed by atoms with Gasteiger partial charge in [-0.3, -0.25) is 9.78 Å². The largest absolute Gasteiger partial charge is 0.381 e. The third-order valence-corrected chi connectivity index (χ3v) is 3.68. The van der Waals surface area contributed by atoms with Crippen molar-refractivity contribution in [1.82, 2.24) is 4.98 Å². The normalized spacial score (nSPS) is 10.3. The molecule has 1 aromatic heterocycles. The van der Waals surface area contributed by atoms with E-state index in [0.717, 1.165) is 22.5 Å². The molecule has 0 atom stereocenters. The van der Waals surface area contributed by atoms with Gasteiger partial charge in [0.15, 0.2) is 0 Å². The molecule has 0 radical (unpaired) electrons. The van der Waals surface area contributed by atoms with Crippen LogP contribution < -0.4 is 10.6 Å². The second kappa shape index (κ2) is 7.57. The Kier molecular flexibility index (Phi) is 5.04. The molecule has 25 heavy (non-hydrogen) atoms. The second-order valence-electron chi connectivity index (χ2n) is 5.73. The molecule has 0 fully saturated rings. The first-order valence-corrected chi connectivity index (χ1v) is 7.92. The lowest BCUT2D eigenvalue weighted by Gasteiger charge is -2.09. The smallest absolute Gasteiger partial charge is 0.274 e. The van der Waals surface area contributed by atoms with Gasteiger partial charge in [0.1, 0.15) is 11.5 Å². The van der Waals surface area contributed by atoms with Gasteiger partial charge in [-0.1, -0.05) is 24.3 Å². The zero-order valence-corrected chi connectivity index (χ0v) is 13.8. The van der Waals surface area contributed by atoms with Crippen LogP contribution in [0.25, 0.3) is 0 Å². The highest BCUT2D eigenvalue weighted by Crippen LogP contribution is 2.14. The maximum absolute atomic E-state index is 12.9. The summed E-state index contributed by atoms with van der Waals surface area (Å²) < 4.78 is 12.9. The summed E-state index contributed by atoms with van der Waals surface area (Å²) in [5.41, 5.74) is 3.85. The zero-order chi connectivity index (χ0) is 17.6. The van der Waals surface area contributed by atoms with E-state index in [2.05, 4.69) is 15.6 Å². The number of hydrogen-bond acceptors (Lipinski definition) is 3. The summed E-state index contributed by atoms with van der Waals surface area (Å²) in [6, 6.07) is 17.3. The Hall–Kier alpha value is -3.21. The molecule has 5 heteroatoms. The Morgan fingerprint density at radius 3 is 2.60 bits per heavy atom. The molecular weight excluding hydrogens is 317 g/mol. The van der Waals surface area contributed by atoms with Gasteiger partial charge < -0.3 is 10.6 Å². The minimum absolute atomic E-state index is 0.261. The summed E-state index contributed by atoms with van der Waals surface area (Å²) in [7, 11) is 0. The Bertz CT molecular complexity index is 878. The molecule has 0 saturated heterocycles. The lowest BCUT2D eigenvalue weighted by molar-refractivity contribution is 0.102. The Morgan fingerprint density at radius 2 is 1.84 bits per heavy atom. The van der Waals surface area contributed by atoms with E-state index in [1.165, 1.54) is 12.1 Å². The summed E-state index contributed by atoms with van der Waals surface area (Å²) in [6.07, 6.45) is 1.58. The number of amides is 1. The Morgan fingerprint density at radius 1 is 1.04 bits per heavy atom. The molecule has 4 nitrogen and oxygen atoms in total. The maximum atomic E-state index is 12.9. The molecule has 126 valence electrons. The fraction of sp³-hybridized carbons (Fsp3) is 0.100. The van der Waals surface area contributed by atoms with Crippen molar-refractivity contribution in [3.05, 3.63) is 89.5 Å². The van der Waals surface area contributed by atoms with Crippen LogP contribution in [0.4, 0.5) is 15.8 Å². The third-order valence-electron chi connectivity index (χ3n) is 3.68. The third kappa shape index (κ3) is 4.64. The summed E-state index contributed by atoms with van der Waals surface area (Å²) >= 11 is 0. The average Bonchev–Trinajstić information content (AvgIpc) is 2.61. The minimum Gasteiger partial charge on any atom is -0.381 e. The molecule has 0 aliphatic rings. The topological polar surface area (TPSA) is 54.0 Å². The summed E-state index contributed by atoms with van der Waals surface area (Å²) in [6.45, 7) is 2.50. The highest BCUT2D eigenvalue weighted by atomic mass is 19.1. The molecule has 0 aliphatic carbocycles. The van der Waals surface area contributed by atoms with Crippen LogP contribution in [0.15, 0.2) is 66.9 Å². The van der Waals surface area contributed by atoms with Crippen molar-refractivity contribution in [1.29, 1.82) is 0 Å². The van der Waals surface area contributed by atoms with Crippen molar-refractivity contribution in [3.63, 3.8) is 0 Å². The zero-order valence-electron chi connectivity index (χ0n) is 13.8. The first-order chi connectivity index (χ1) is 12.1. The predicted octanol–water partition coefficient (Wildman–Crippen LogP) is 4.39. The number of hydrogen-bond donors (Lipinski definition) is 2. The van der Waals surface area contributed by atoms with Crippen LogP contribution in [0.3, 0.4) is 0 Å². The van der Waals surface area contributed by atoms with Crippen molar-refractivity contribution in [2.24, 2.45) is 0 Å².